The Bertz CT molecular complexity index is 1270. The summed E-state index contributed by atoms with van der Waals surface area (Å²) in [7, 11) is 0. The van der Waals surface area contributed by atoms with E-state index in [9.17, 15) is 9.59 Å². The van der Waals surface area contributed by atoms with E-state index in [4.69, 9.17) is 21.1 Å². The van der Waals surface area contributed by atoms with Gasteiger partial charge in [0.15, 0.2) is 6.61 Å². The van der Waals surface area contributed by atoms with E-state index in [0.717, 1.165) is 0 Å². The molecule has 0 aliphatic carbocycles. The minimum Gasteiger partial charge on any atom is -0.487 e. The van der Waals surface area contributed by atoms with Crippen molar-refractivity contribution in [1.82, 2.24) is 9.38 Å². The molecule has 4 rings (SSSR count). The third-order valence-corrected chi connectivity index (χ3v) is 4.56. The molecule has 2 aromatic carbocycles. The first kappa shape index (κ1) is 20.4. The Balaban J connectivity index is 1.35. The number of halogens is 1. The summed E-state index contributed by atoms with van der Waals surface area (Å²) in [6, 6.07) is 20.5. The summed E-state index contributed by atoms with van der Waals surface area (Å²) in [6.45, 7) is -0.0185. The molecule has 31 heavy (non-hydrogen) atoms. The summed E-state index contributed by atoms with van der Waals surface area (Å²) < 4.78 is 12.7. The summed E-state index contributed by atoms with van der Waals surface area (Å²) >= 11 is 5.83. The molecule has 0 unspecified atom stereocenters. The van der Waals surface area contributed by atoms with Gasteiger partial charge in [0.25, 0.3) is 11.5 Å². The fraction of sp³-hybridized carbons (Fsp3) is 0.0870. The van der Waals surface area contributed by atoms with E-state index >= 15 is 0 Å². The van der Waals surface area contributed by atoms with Gasteiger partial charge in [-0.25, -0.2) is 4.98 Å². The number of nitrogens with one attached hydrogen (secondary N) is 1. The maximum atomic E-state index is 12.2. The number of nitrogens with zero attached hydrogens (tertiary/aromatic N) is 2. The summed E-state index contributed by atoms with van der Waals surface area (Å²) in [5.74, 6) is 0.776. The molecular formula is C23H18ClN3O4. The molecule has 0 saturated carbocycles. The highest BCUT2D eigenvalue weighted by atomic mass is 35.5. The zero-order valence-electron chi connectivity index (χ0n) is 16.3. The monoisotopic (exact) mass is 435 g/mol. The van der Waals surface area contributed by atoms with E-state index < -0.39 is 0 Å². The summed E-state index contributed by atoms with van der Waals surface area (Å²) in [5.41, 5.74) is 1.46. The smallest absolute Gasteiger partial charge is 0.262 e. The number of carbonyl (C=O) groups excluding carboxylic acids is 1. The highest BCUT2D eigenvalue weighted by molar-refractivity contribution is 6.30. The molecular weight excluding hydrogens is 418 g/mol. The maximum Gasteiger partial charge on any atom is 0.262 e. The van der Waals surface area contributed by atoms with Crippen LogP contribution < -0.4 is 20.3 Å². The van der Waals surface area contributed by atoms with Gasteiger partial charge in [0.2, 0.25) is 0 Å². The molecule has 0 aliphatic rings. The van der Waals surface area contributed by atoms with Crippen molar-refractivity contribution >= 4 is 28.8 Å². The molecule has 2 aromatic heterocycles. The highest BCUT2D eigenvalue weighted by Gasteiger charge is 2.07. The van der Waals surface area contributed by atoms with Gasteiger partial charge in [-0.15, -0.1) is 0 Å². The molecule has 0 saturated heterocycles. The van der Waals surface area contributed by atoms with Gasteiger partial charge < -0.3 is 14.8 Å². The van der Waals surface area contributed by atoms with Crippen LogP contribution in [-0.4, -0.2) is 21.9 Å². The lowest BCUT2D eigenvalue weighted by atomic mass is 10.3. The van der Waals surface area contributed by atoms with Gasteiger partial charge in [-0.05, 0) is 48.5 Å². The Labute approximate surface area is 182 Å². The van der Waals surface area contributed by atoms with Crippen LogP contribution in [0.3, 0.4) is 0 Å². The Morgan fingerprint density at radius 3 is 2.65 bits per heavy atom. The van der Waals surface area contributed by atoms with Gasteiger partial charge in [-0.3, -0.25) is 14.0 Å². The second-order valence-corrected chi connectivity index (χ2v) is 7.06. The molecule has 1 amide bonds. The number of hydrogen-bond acceptors (Lipinski definition) is 5. The van der Waals surface area contributed by atoms with Crippen molar-refractivity contribution in [2.45, 2.75) is 6.61 Å². The van der Waals surface area contributed by atoms with Gasteiger partial charge >= 0.3 is 0 Å². The molecule has 0 aliphatic heterocycles. The average molecular weight is 436 g/mol. The fourth-order valence-corrected chi connectivity index (χ4v) is 3.00. The molecule has 8 heteroatoms. The SMILES string of the molecule is O=C(COc1ccc(Cl)cc1)Nc1cccc(OCc2cc(=O)n3ccccc3n2)c1. The van der Waals surface area contributed by atoms with Crippen LogP contribution in [0.4, 0.5) is 5.69 Å². The molecule has 7 nitrogen and oxygen atoms in total. The quantitative estimate of drug-likeness (QED) is 0.475. The van der Waals surface area contributed by atoms with Crippen LogP contribution in [0.1, 0.15) is 5.69 Å². The zero-order chi connectivity index (χ0) is 21.6. The van der Waals surface area contributed by atoms with Crippen LogP contribution >= 0.6 is 11.6 Å². The number of ether oxygens (including phenoxy) is 2. The van der Waals surface area contributed by atoms with Gasteiger partial charge in [0.05, 0.1) is 5.69 Å². The Morgan fingerprint density at radius 1 is 0.968 bits per heavy atom. The number of hydrogen-bond donors (Lipinski definition) is 1. The lowest BCUT2D eigenvalue weighted by Gasteiger charge is -2.10. The molecule has 0 bridgehead atoms. The van der Waals surface area contributed by atoms with Crippen LogP contribution in [0.15, 0.2) is 83.8 Å². The first-order chi connectivity index (χ1) is 15.1. The highest BCUT2D eigenvalue weighted by Crippen LogP contribution is 2.19. The number of carbonyl (C=O) groups is 1. The molecule has 0 atom stereocenters. The number of pyridine rings is 1. The predicted molar refractivity (Wildman–Crippen MR) is 118 cm³/mol. The maximum absolute atomic E-state index is 12.2. The number of rotatable bonds is 7. The van der Waals surface area contributed by atoms with Gasteiger partial charge in [-0.1, -0.05) is 23.7 Å². The first-order valence-electron chi connectivity index (χ1n) is 9.45. The topological polar surface area (TPSA) is 81.9 Å². The molecule has 0 spiro atoms. The summed E-state index contributed by atoms with van der Waals surface area (Å²) in [5, 5.41) is 3.35. The lowest BCUT2D eigenvalue weighted by Crippen LogP contribution is -2.20. The van der Waals surface area contributed by atoms with E-state index in [2.05, 4.69) is 10.3 Å². The van der Waals surface area contributed by atoms with Gasteiger partial charge in [0, 0.05) is 29.0 Å². The number of anilines is 1. The molecule has 4 aromatic rings. The summed E-state index contributed by atoms with van der Waals surface area (Å²) in [6.07, 6.45) is 1.66. The normalized spacial score (nSPS) is 10.6. The van der Waals surface area contributed by atoms with Crippen molar-refractivity contribution in [3.63, 3.8) is 0 Å². The molecule has 2 heterocycles. The van der Waals surface area contributed by atoms with Crippen LogP contribution in [0.5, 0.6) is 11.5 Å². The molecule has 0 fully saturated rings. The van der Waals surface area contributed by atoms with Crippen LogP contribution in [0, 0.1) is 0 Å². The lowest BCUT2D eigenvalue weighted by molar-refractivity contribution is -0.118. The number of benzene rings is 2. The zero-order valence-corrected chi connectivity index (χ0v) is 17.1. The van der Waals surface area contributed by atoms with Crippen LogP contribution in [0.2, 0.25) is 5.02 Å². The van der Waals surface area contributed by atoms with E-state index in [1.807, 2.05) is 6.07 Å². The summed E-state index contributed by atoms with van der Waals surface area (Å²) in [4.78, 5) is 28.7. The number of aromatic nitrogens is 2. The Hall–Kier alpha value is -3.84. The van der Waals surface area contributed by atoms with Crippen molar-refractivity contribution < 1.29 is 14.3 Å². The van der Waals surface area contributed by atoms with Crippen molar-refractivity contribution in [3.8, 4) is 11.5 Å². The first-order valence-corrected chi connectivity index (χ1v) is 9.83. The minimum absolute atomic E-state index is 0.123. The van der Waals surface area contributed by atoms with Gasteiger partial charge in [0.1, 0.15) is 23.8 Å². The average Bonchev–Trinajstić information content (AvgIpc) is 2.78. The molecule has 0 radical (unpaired) electrons. The third kappa shape index (κ3) is 5.40. The molecule has 1 N–H and O–H groups in total. The van der Waals surface area contributed by atoms with Crippen molar-refractivity contribution in [3.05, 3.63) is 100 Å². The van der Waals surface area contributed by atoms with Crippen LogP contribution in [0.25, 0.3) is 5.65 Å². The second-order valence-electron chi connectivity index (χ2n) is 6.62. The van der Waals surface area contributed by atoms with Crippen LogP contribution in [-0.2, 0) is 11.4 Å². The van der Waals surface area contributed by atoms with Crippen molar-refractivity contribution in [2.24, 2.45) is 0 Å². The predicted octanol–water partition coefficient (Wildman–Crippen LogP) is 3.94. The van der Waals surface area contributed by atoms with Gasteiger partial charge in [-0.2, -0.15) is 0 Å². The number of fused-ring (bicyclic) bond motifs is 1. The van der Waals surface area contributed by atoms with Crippen molar-refractivity contribution in [2.75, 3.05) is 11.9 Å². The largest absolute Gasteiger partial charge is 0.487 e. The van der Waals surface area contributed by atoms with E-state index in [1.54, 1.807) is 66.9 Å². The Morgan fingerprint density at radius 2 is 1.81 bits per heavy atom. The van der Waals surface area contributed by atoms with Crippen molar-refractivity contribution in [1.29, 1.82) is 0 Å². The second kappa shape index (κ2) is 9.32. The molecule has 156 valence electrons. The fourth-order valence-electron chi connectivity index (χ4n) is 2.87. The van der Waals surface area contributed by atoms with E-state index in [0.29, 0.717) is 33.6 Å². The standard InChI is InChI=1S/C23H18ClN3O4/c24-16-7-9-19(10-8-16)31-15-22(28)26-17-4-3-5-20(12-17)30-14-18-13-23(29)27-11-2-1-6-21(27)25-18/h1-13H,14-15H2,(H,26,28). The Kier molecular flexibility index (Phi) is 6.14. The van der Waals surface area contributed by atoms with E-state index in [1.165, 1.54) is 10.5 Å². The number of amides is 1. The third-order valence-electron chi connectivity index (χ3n) is 4.31. The van der Waals surface area contributed by atoms with E-state index in [-0.39, 0.29) is 24.7 Å². The minimum atomic E-state index is -0.309.